The zero-order valence-corrected chi connectivity index (χ0v) is 16.4. The fourth-order valence-electron chi connectivity index (χ4n) is 3.41. The molecule has 2 amide bonds. The van der Waals surface area contributed by atoms with Gasteiger partial charge in [0.15, 0.2) is 11.5 Å². The Morgan fingerprint density at radius 3 is 2.11 bits per heavy atom. The summed E-state index contributed by atoms with van der Waals surface area (Å²) in [6.45, 7) is 0.282. The molecule has 0 unspecified atom stereocenters. The molecule has 0 aromatic heterocycles. The molecule has 2 N–H and O–H groups in total. The van der Waals surface area contributed by atoms with Gasteiger partial charge in [0.25, 0.3) is 0 Å². The predicted molar refractivity (Wildman–Crippen MR) is 102 cm³/mol. The van der Waals surface area contributed by atoms with Crippen LogP contribution in [0.5, 0.6) is 17.2 Å². The van der Waals surface area contributed by atoms with Crippen LogP contribution in [0.15, 0.2) is 12.1 Å². The van der Waals surface area contributed by atoms with E-state index in [9.17, 15) is 9.59 Å². The van der Waals surface area contributed by atoms with E-state index in [0.717, 1.165) is 18.4 Å². The van der Waals surface area contributed by atoms with Crippen LogP contribution in [-0.4, -0.2) is 39.7 Å². The maximum Gasteiger partial charge on any atom is 0.239 e. The molecular formula is C20H30N2O5. The number of hydrogen-bond donors (Lipinski definition) is 2. The molecule has 1 saturated carbocycles. The van der Waals surface area contributed by atoms with Gasteiger partial charge >= 0.3 is 0 Å². The Balaban J connectivity index is 1.80. The maximum atomic E-state index is 12.0. The Morgan fingerprint density at radius 2 is 1.56 bits per heavy atom. The lowest BCUT2D eigenvalue weighted by molar-refractivity contribution is -0.126. The van der Waals surface area contributed by atoms with E-state index >= 15 is 0 Å². The van der Waals surface area contributed by atoms with Crippen LogP contribution in [0, 0.1) is 5.92 Å². The summed E-state index contributed by atoms with van der Waals surface area (Å²) in [6, 6.07) is 3.56. The number of carbonyl (C=O) groups is 2. The lowest BCUT2D eigenvalue weighted by atomic mass is 9.87. The highest BCUT2D eigenvalue weighted by molar-refractivity contribution is 5.84. The van der Waals surface area contributed by atoms with Crippen molar-refractivity contribution in [2.45, 2.75) is 45.1 Å². The van der Waals surface area contributed by atoms with Gasteiger partial charge in [-0.3, -0.25) is 9.59 Å². The highest BCUT2D eigenvalue weighted by Crippen LogP contribution is 2.38. The first-order valence-electron chi connectivity index (χ1n) is 9.39. The van der Waals surface area contributed by atoms with Crippen molar-refractivity contribution >= 4 is 11.8 Å². The number of nitrogens with one attached hydrogen (secondary N) is 2. The van der Waals surface area contributed by atoms with E-state index < -0.39 is 0 Å². The molecule has 0 atom stereocenters. The molecule has 2 rings (SSSR count). The molecule has 1 aromatic carbocycles. The van der Waals surface area contributed by atoms with Crippen LogP contribution in [0.4, 0.5) is 0 Å². The average molecular weight is 378 g/mol. The molecule has 1 aromatic rings. The van der Waals surface area contributed by atoms with Crippen LogP contribution < -0.4 is 24.8 Å². The Morgan fingerprint density at radius 1 is 0.926 bits per heavy atom. The standard InChI is InChI=1S/C20H30N2O5/c1-25-16-9-15(10-17(26-2)20(16)27-3)12-21-19(24)13-22-18(23)11-14-7-5-4-6-8-14/h9-10,14H,4-8,11-13H2,1-3H3,(H,21,24)(H,22,23). The molecule has 0 aliphatic heterocycles. The lowest BCUT2D eigenvalue weighted by Gasteiger charge is -2.20. The molecular weight excluding hydrogens is 348 g/mol. The second kappa shape index (κ2) is 10.6. The van der Waals surface area contributed by atoms with Crippen molar-refractivity contribution in [3.63, 3.8) is 0 Å². The first-order chi connectivity index (χ1) is 13.1. The normalized spacial score (nSPS) is 14.3. The summed E-state index contributed by atoms with van der Waals surface area (Å²) in [4.78, 5) is 24.0. The maximum absolute atomic E-state index is 12.0. The van der Waals surface area contributed by atoms with Gasteiger partial charge < -0.3 is 24.8 Å². The molecule has 7 nitrogen and oxygen atoms in total. The van der Waals surface area contributed by atoms with Crippen LogP contribution in [0.2, 0.25) is 0 Å². The van der Waals surface area contributed by atoms with E-state index in [2.05, 4.69) is 10.6 Å². The molecule has 0 saturated heterocycles. The fourth-order valence-corrected chi connectivity index (χ4v) is 3.41. The van der Waals surface area contributed by atoms with Gasteiger partial charge in [-0.25, -0.2) is 0 Å². The van der Waals surface area contributed by atoms with Gasteiger partial charge in [-0.1, -0.05) is 19.3 Å². The Hall–Kier alpha value is -2.44. The minimum Gasteiger partial charge on any atom is -0.493 e. The lowest BCUT2D eigenvalue weighted by Crippen LogP contribution is -2.37. The number of carbonyl (C=O) groups excluding carboxylic acids is 2. The zero-order chi connectivity index (χ0) is 19.6. The van der Waals surface area contributed by atoms with Crippen LogP contribution in [0.25, 0.3) is 0 Å². The second-order valence-electron chi connectivity index (χ2n) is 6.80. The predicted octanol–water partition coefficient (Wildman–Crippen LogP) is 2.42. The third kappa shape index (κ3) is 6.34. The highest BCUT2D eigenvalue weighted by Gasteiger charge is 2.17. The van der Waals surface area contributed by atoms with Gasteiger partial charge in [-0.2, -0.15) is 0 Å². The highest BCUT2D eigenvalue weighted by atomic mass is 16.5. The van der Waals surface area contributed by atoms with E-state index in [0.29, 0.717) is 36.1 Å². The molecule has 1 aliphatic rings. The third-order valence-corrected chi connectivity index (χ3v) is 4.86. The van der Waals surface area contributed by atoms with Crippen molar-refractivity contribution < 1.29 is 23.8 Å². The molecule has 0 spiro atoms. The minimum absolute atomic E-state index is 0.0179. The molecule has 7 heteroatoms. The number of ether oxygens (including phenoxy) is 3. The number of rotatable bonds is 9. The molecule has 150 valence electrons. The van der Waals surface area contributed by atoms with Crippen molar-refractivity contribution in [2.24, 2.45) is 5.92 Å². The van der Waals surface area contributed by atoms with Crippen LogP contribution in [0.1, 0.15) is 44.1 Å². The summed E-state index contributed by atoms with van der Waals surface area (Å²) in [6.07, 6.45) is 6.41. The summed E-state index contributed by atoms with van der Waals surface area (Å²) in [7, 11) is 4.63. The first-order valence-corrected chi connectivity index (χ1v) is 9.39. The van der Waals surface area contributed by atoms with Crippen molar-refractivity contribution in [1.29, 1.82) is 0 Å². The van der Waals surface area contributed by atoms with Crippen LogP contribution >= 0.6 is 0 Å². The fraction of sp³-hybridized carbons (Fsp3) is 0.600. The zero-order valence-electron chi connectivity index (χ0n) is 16.4. The van der Waals surface area contributed by atoms with E-state index in [-0.39, 0.29) is 18.4 Å². The topological polar surface area (TPSA) is 85.9 Å². The quantitative estimate of drug-likeness (QED) is 0.689. The molecule has 0 bridgehead atoms. The summed E-state index contributed by atoms with van der Waals surface area (Å²) in [5, 5.41) is 5.50. The monoisotopic (exact) mass is 378 g/mol. The summed E-state index contributed by atoms with van der Waals surface area (Å²) in [5.74, 6) is 1.74. The van der Waals surface area contributed by atoms with E-state index in [1.807, 2.05) is 0 Å². The van der Waals surface area contributed by atoms with Crippen molar-refractivity contribution in [2.75, 3.05) is 27.9 Å². The molecule has 0 radical (unpaired) electrons. The van der Waals surface area contributed by atoms with Crippen LogP contribution in [-0.2, 0) is 16.1 Å². The summed E-state index contributed by atoms with van der Waals surface area (Å²) >= 11 is 0. The number of amides is 2. The molecule has 1 aliphatic carbocycles. The Bertz CT molecular complexity index is 616. The SMILES string of the molecule is COc1cc(CNC(=O)CNC(=O)CC2CCCCC2)cc(OC)c1OC. The van der Waals surface area contributed by atoms with Crippen molar-refractivity contribution in [3.05, 3.63) is 17.7 Å². The Kier molecular flexibility index (Phi) is 8.23. The number of hydrogen-bond acceptors (Lipinski definition) is 5. The largest absolute Gasteiger partial charge is 0.493 e. The van der Waals surface area contributed by atoms with Gasteiger partial charge in [0.05, 0.1) is 27.9 Å². The van der Waals surface area contributed by atoms with Gasteiger partial charge in [0, 0.05) is 13.0 Å². The van der Waals surface area contributed by atoms with E-state index in [1.165, 1.54) is 26.4 Å². The average Bonchev–Trinajstić information content (AvgIpc) is 2.70. The molecule has 1 fully saturated rings. The molecule has 0 heterocycles. The first kappa shape index (κ1) is 20.9. The minimum atomic E-state index is -0.235. The summed E-state index contributed by atoms with van der Waals surface area (Å²) < 4.78 is 15.9. The molecule has 27 heavy (non-hydrogen) atoms. The number of methoxy groups -OCH3 is 3. The smallest absolute Gasteiger partial charge is 0.239 e. The second-order valence-corrected chi connectivity index (χ2v) is 6.80. The van der Waals surface area contributed by atoms with Gasteiger partial charge in [0.1, 0.15) is 0 Å². The van der Waals surface area contributed by atoms with E-state index in [4.69, 9.17) is 14.2 Å². The van der Waals surface area contributed by atoms with Crippen LogP contribution in [0.3, 0.4) is 0 Å². The number of benzene rings is 1. The summed E-state index contributed by atoms with van der Waals surface area (Å²) in [5.41, 5.74) is 0.811. The Labute approximate surface area is 160 Å². The third-order valence-electron chi connectivity index (χ3n) is 4.86. The van der Waals surface area contributed by atoms with Gasteiger partial charge in [-0.15, -0.1) is 0 Å². The van der Waals surface area contributed by atoms with Gasteiger partial charge in [-0.05, 0) is 36.5 Å². The van der Waals surface area contributed by atoms with Crippen molar-refractivity contribution in [1.82, 2.24) is 10.6 Å². The van der Waals surface area contributed by atoms with E-state index in [1.54, 1.807) is 26.4 Å². The van der Waals surface area contributed by atoms with Gasteiger partial charge in [0.2, 0.25) is 17.6 Å². The van der Waals surface area contributed by atoms with Crippen molar-refractivity contribution in [3.8, 4) is 17.2 Å².